The van der Waals surface area contributed by atoms with Crippen LogP contribution < -0.4 is 4.90 Å². The molecular formula is C36H35NO2. The molecule has 0 aliphatic heterocycles. The molecule has 0 saturated heterocycles. The van der Waals surface area contributed by atoms with Crippen LogP contribution in [0.15, 0.2) is 121 Å². The summed E-state index contributed by atoms with van der Waals surface area (Å²) in [6.07, 6.45) is 2.96. The Balaban J connectivity index is 1.32. The van der Waals surface area contributed by atoms with Gasteiger partial charge in [-0.25, -0.2) is 0 Å². The minimum atomic E-state index is 0.198. The molecule has 0 atom stereocenters. The van der Waals surface area contributed by atoms with Crippen molar-refractivity contribution >= 4 is 17.1 Å². The van der Waals surface area contributed by atoms with Gasteiger partial charge in [0.1, 0.15) is 11.5 Å². The van der Waals surface area contributed by atoms with Gasteiger partial charge in [-0.15, -0.1) is 0 Å². The molecule has 0 saturated carbocycles. The largest absolute Gasteiger partial charge is 0.508 e. The molecule has 5 aromatic carbocycles. The van der Waals surface area contributed by atoms with Crippen LogP contribution in [0.4, 0.5) is 17.1 Å². The number of aromatic hydroxyl groups is 2. The fraction of sp³-hybridized carbons (Fsp3) is 0.167. The number of anilines is 3. The van der Waals surface area contributed by atoms with Crippen molar-refractivity contribution in [1.82, 2.24) is 0 Å². The third-order valence-electron chi connectivity index (χ3n) is 7.33. The van der Waals surface area contributed by atoms with Gasteiger partial charge >= 0.3 is 0 Å². The Morgan fingerprint density at radius 1 is 0.513 bits per heavy atom. The number of hydrogen-bond acceptors (Lipinski definition) is 3. The Kier molecular flexibility index (Phi) is 7.98. The van der Waals surface area contributed by atoms with Crippen LogP contribution in [0.5, 0.6) is 11.5 Å². The molecule has 0 fully saturated rings. The number of hydrogen-bond donors (Lipinski definition) is 2. The van der Waals surface area contributed by atoms with Crippen LogP contribution in [0.25, 0.3) is 0 Å². The predicted molar refractivity (Wildman–Crippen MR) is 162 cm³/mol. The van der Waals surface area contributed by atoms with Crippen molar-refractivity contribution in [3.63, 3.8) is 0 Å². The molecule has 0 bridgehead atoms. The summed E-state index contributed by atoms with van der Waals surface area (Å²) in [5.74, 6) is 0.742. The van der Waals surface area contributed by atoms with E-state index in [9.17, 15) is 10.2 Å². The van der Waals surface area contributed by atoms with Crippen LogP contribution in [0.3, 0.4) is 0 Å². The van der Waals surface area contributed by atoms with Gasteiger partial charge < -0.3 is 15.1 Å². The molecular weight excluding hydrogens is 478 g/mol. The van der Waals surface area contributed by atoms with E-state index in [1.165, 1.54) is 27.8 Å². The highest BCUT2D eigenvalue weighted by molar-refractivity contribution is 5.76. The second-order valence-electron chi connectivity index (χ2n) is 10.3. The highest BCUT2D eigenvalue weighted by Gasteiger charge is 2.15. The summed E-state index contributed by atoms with van der Waals surface area (Å²) in [7, 11) is 0. The summed E-state index contributed by atoms with van der Waals surface area (Å²) < 4.78 is 0. The number of phenols is 2. The van der Waals surface area contributed by atoms with Crippen LogP contribution in [0.1, 0.15) is 46.6 Å². The van der Waals surface area contributed by atoms with E-state index in [0.29, 0.717) is 0 Å². The highest BCUT2D eigenvalue weighted by atomic mass is 16.3. The topological polar surface area (TPSA) is 43.7 Å². The zero-order valence-electron chi connectivity index (χ0n) is 22.6. The second kappa shape index (κ2) is 11.9. The second-order valence-corrected chi connectivity index (χ2v) is 10.3. The Morgan fingerprint density at radius 3 is 1.31 bits per heavy atom. The lowest BCUT2D eigenvalue weighted by Crippen LogP contribution is -2.10. The number of benzene rings is 5. The lowest BCUT2D eigenvalue weighted by molar-refractivity contribution is 0.475. The molecule has 0 unspecified atom stereocenters. The molecule has 196 valence electrons. The fourth-order valence-electron chi connectivity index (χ4n) is 5.10. The molecule has 0 spiro atoms. The monoisotopic (exact) mass is 513 g/mol. The molecule has 3 nitrogen and oxygen atoms in total. The molecule has 39 heavy (non-hydrogen) atoms. The van der Waals surface area contributed by atoms with Gasteiger partial charge in [0.2, 0.25) is 0 Å². The summed E-state index contributed by atoms with van der Waals surface area (Å²) in [5.41, 5.74) is 9.55. The van der Waals surface area contributed by atoms with Crippen molar-refractivity contribution in [2.24, 2.45) is 0 Å². The maximum absolute atomic E-state index is 9.76. The standard InChI is InChI=1S/C36H35NO2/c1-26-6-16-31(17-7-26)37(32-18-8-27(2)9-19-32)33-20-10-28(11-21-33)4-3-5-36(29-12-22-34(38)23-13-29)30-14-24-35(39)25-15-30/h6-25,36,38-39H,3-5H2,1-2H3. The minimum Gasteiger partial charge on any atom is -0.508 e. The van der Waals surface area contributed by atoms with Crippen molar-refractivity contribution in [1.29, 1.82) is 0 Å². The van der Waals surface area contributed by atoms with Crippen LogP contribution in [0, 0.1) is 13.8 Å². The Morgan fingerprint density at radius 2 is 0.897 bits per heavy atom. The maximum Gasteiger partial charge on any atom is 0.115 e. The Labute approximate surface area is 231 Å². The molecule has 3 heteroatoms. The quantitative estimate of drug-likeness (QED) is 0.206. The highest BCUT2D eigenvalue weighted by Crippen LogP contribution is 2.35. The van der Waals surface area contributed by atoms with E-state index >= 15 is 0 Å². The third kappa shape index (κ3) is 6.50. The van der Waals surface area contributed by atoms with Crippen molar-refractivity contribution < 1.29 is 10.2 Å². The van der Waals surface area contributed by atoms with E-state index in [-0.39, 0.29) is 17.4 Å². The SMILES string of the molecule is Cc1ccc(N(c2ccc(C)cc2)c2ccc(CCCC(c3ccc(O)cc3)c3ccc(O)cc3)cc2)cc1. The van der Waals surface area contributed by atoms with Crippen molar-refractivity contribution in [2.75, 3.05) is 4.90 Å². The van der Waals surface area contributed by atoms with Crippen molar-refractivity contribution in [2.45, 2.75) is 39.0 Å². The van der Waals surface area contributed by atoms with Crippen molar-refractivity contribution in [3.05, 3.63) is 149 Å². The van der Waals surface area contributed by atoms with Gasteiger partial charge in [0, 0.05) is 23.0 Å². The number of phenolic OH excluding ortho intramolecular Hbond substituents is 2. The molecule has 2 N–H and O–H groups in total. The van der Waals surface area contributed by atoms with Gasteiger partial charge in [-0.05, 0) is 110 Å². The molecule has 0 radical (unpaired) electrons. The van der Waals surface area contributed by atoms with Crippen LogP contribution >= 0.6 is 0 Å². The fourth-order valence-corrected chi connectivity index (χ4v) is 5.10. The Hall–Kier alpha value is -4.50. The number of nitrogens with zero attached hydrogens (tertiary/aromatic N) is 1. The van der Waals surface area contributed by atoms with Gasteiger partial charge in [-0.2, -0.15) is 0 Å². The van der Waals surface area contributed by atoms with Crippen LogP contribution in [-0.4, -0.2) is 10.2 Å². The predicted octanol–water partition coefficient (Wildman–Crippen LogP) is 9.34. The first kappa shape index (κ1) is 26.1. The number of rotatable bonds is 9. The molecule has 5 aromatic rings. The summed E-state index contributed by atoms with van der Waals surface area (Å²) in [5, 5.41) is 19.5. The third-order valence-corrected chi connectivity index (χ3v) is 7.33. The van der Waals surface area contributed by atoms with Crippen LogP contribution in [-0.2, 0) is 6.42 Å². The van der Waals surface area contributed by atoms with Gasteiger partial charge in [0.05, 0.1) is 0 Å². The average molecular weight is 514 g/mol. The normalized spacial score (nSPS) is 11.1. The summed E-state index contributed by atoms with van der Waals surface area (Å²) in [6, 6.07) is 41.2. The zero-order valence-corrected chi connectivity index (χ0v) is 22.6. The zero-order chi connectivity index (χ0) is 27.2. The van der Waals surface area contributed by atoms with Crippen LogP contribution in [0.2, 0.25) is 0 Å². The lowest BCUT2D eigenvalue weighted by atomic mass is 9.86. The van der Waals surface area contributed by atoms with Gasteiger partial charge in [0.15, 0.2) is 0 Å². The summed E-state index contributed by atoms with van der Waals surface area (Å²) in [6.45, 7) is 4.23. The van der Waals surface area contributed by atoms with Gasteiger partial charge in [-0.3, -0.25) is 0 Å². The molecule has 0 aliphatic rings. The lowest BCUT2D eigenvalue weighted by Gasteiger charge is -2.26. The first-order valence-electron chi connectivity index (χ1n) is 13.6. The van der Waals surface area contributed by atoms with Gasteiger partial charge in [-0.1, -0.05) is 71.8 Å². The summed E-state index contributed by atoms with van der Waals surface area (Å²) in [4.78, 5) is 2.30. The van der Waals surface area contributed by atoms with E-state index in [4.69, 9.17) is 0 Å². The minimum absolute atomic E-state index is 0.198. The van der Waals surface area contributed by atoms with Crippen molar-refractivity contribution in [3.8, 4) is 11.5 Å². The molecule has 0 aromatic heterocycles. The average Bonchev–Trinajstić information content (AvgIpc) is 2.95. The molecule has 0 amide bonds. The van der Waals surface area contributed by atoms with E-state index < -0.39 is 0 Å². The maximum atomic E-state index is 9.76. The first-order chi connectivity index (χ1) is 19.0. The summed E-state index contributed by atoms with van der Waals surface area (Å²) >= 11 is 0. The Bertz CT molecular complexity index is 1380. The van der Waals surface area contributed by atoms with E-state index in [1.807, 2.05) is 24.3 Å². The molecule has 0 heterocycles. The smallest absolute Gasteiger partial charge is 0.115 e. The molecule has 0 aliphatic carbocycles. The molecule has 5 rings (SSSR count). The van der Waals surface area contributed by atoms with E-state index in [1.54, 1.807) is 24.3 Å². The van der Waals surface area contributed by atoms with Gasteiger partial charge in [0.25, 0.3) is 0 Å². The van der Waals surface area contributed by atoms with E-state index in [2.05, 4.69) is 91.5 Å². The first-order valence-corrected chi connectivity index (χ1v) is 13.6. The van der Waals surface area contributed by atoms with E-state index in [0.717, 1.165) is 36.3 Å². The number of aryl methyl sites for hydroxylation is 3.